The highest BCUT2D eigenvalue weighted by molar-refractivity contribution is 6.74. The summed E-state index contributed by atoms with van der Waals surface area (Å²) in [4.78, 5) is 31.2. The van der Waals surface area contributed by atoms with Crippen LogP contribution in [0.5, 0.6) is 11.5 Å². The van der Waals surface area contributed by atoms with E-state index in [1.807, 2.05) is 84.9 Å². The van der Waals surface area contributed by atoms with Crippen molar-refractivity contribution in [2.24, 2.45) is 0 Å². The predicted octanol–water partition coefficient (Wildman–Crippen LogP) is 8.09. The Balaban J connectivity index is 1.80. The highest BCUT2D eigenvalue weighted by Gasteiger charge is 2.39. The van der Waals surface area contributed by atoms with Gasteiger partial charge >= 0.3 is 11.9 Å². The molecule has 300 valence electrons. The van der Waals surface area contributed by atoms with Crippen LogP contribution in [0, 0.1) is 0 Å². The number of carbonyl (C=O) groups excluding carboxylic acids is 2. The first-order valence-corrected chi connectivity index (χ1v) is 21.8. The van der Waals surface area contributed by atoms with Gasteiger partial charge in [0.05, 0.1) is 38.7 Å². The first-order valence-electron chi connectivity index (χ1n) is 18.9. The lowest BCUT2D eigenvalue weighted by molar-refractivity contribution is -0.181. The van der Waals surface area contributed by atoms with Gasteiger partial charge in [0.2, 0.25) is 11.6 Å². The summed E-state index contributed by atoms with van der Waals surface area (Å²) >= 11 is 0. The van der Waals surface area contributed by atoms with Crippen LogP contribution in [-0.2, 0) is 59.3 Å². The van der Waals surface area contributed by atoms with Gasteiger partial charge in [0, 0.05) is 75.6 Å². The lowest BCUT2D eigenvalue weighted by atomic mass is 10.0. The molecule has 0 saturated heterocycles. The number of esters is 2. The Labute approximate surface area is 324 Å². The Hall–Kier alpha value is -3.26. The summed E-state index contributed by atoms with van der Waals surface area (Å²) in [6.45, 7) is 31.7. The number of benzene rings is 2. The molecule has 11 nitrogen and oxygen atoms in total. The molecular formula is C42H64N2O9Si. The number of fused-ring (bicyclic) bond motifs is 2. The van der Waals surface area contributed by atoms with Gasteiger partial charge in [-0.05, 0) is 45.8 Å². The van der Waals surface area contributed by atoms with E-state index in [1.54, 1.807) is 6.92 Å². The van der Waals surface area contributed by atoms with E-state index < -0.39 is 31.5 Å². The maximum Gasteiger partial charge on any atom is 0.325 e. The van der Waals surface area contributed by atoms with Crippen molar-refractivity contribution in [1.29, 1.82) is 0 Å². The third-order valence-corrected chi connectivity index (χ3v) is 14.3. The molecule has 2 aliphatic heterocycles. The van der Waals surface area contributed by atoms with E-state index >= 15 is 0 Å². The molecule has 0 fully saturated rings. The average molecular weight is 769 g/mol. The molecule has 1 unspecified atom stereocenters. The van der Waals surface area contributed by atoms with Crippen molar-refractivity contribution in [3.8, 4) is 11.5 Å². The van der Waals surface area contributed by atoms with E-state index in [0.717, 1.165) is 33.8 Å². The maximum atomic E-state index is 13.6. The number of ether oxygens (including phenoxy) is 6. The quantitative estimate of drug-likeness (QED) is 0.0998. The van der Waals surface area contributed by atoms with Crippen molar-refractivity contribution in [2.45, 2.75) is 144 Å². The van der Waals surface area contributed by atoms with Crippen LogP contribution in [0.4, 0.5) is 0 Å². The van der Waals surface area contributed by atoms with Crippen LogP contribution in [0.25, 0.3) is 0 Å². The molecule has 0 aromatic heterocycles. The van der Waals surface area contributed by atoms with Gasteiger partial charge in [0.25, 0.3) is 0 Å². The van der Waals surface area contributed by atoms with Crippen molar-refractivity contribution < 1.29 is 42.4 Å². The molecule has 0 saturated carbocycles. The molecule has 0 amide bonds. The Morgan fingerprint density at radius 2 is 1.35 bits per heavy atom. The van der Waals surface area contributed by atoms with Gasteiger partial charge in [-0.2, -0.15) is 0 Å². The Kier molecular flexibility index (Phi) is 13.6. The largest absolute Gasteiger partial charge is 0.462 e. The molecule has 12 heteroatoms. The van der Waals surface area contributed by atoms with Gasteiger partial charge in [-0.3, -0.25) is 19.4 Å². The fourth-order valence-corrected chi connectivity index (χ4v) is 7.11. The molecule has 1 atom stereocenters. The molecule has 2 aromatic carbocycles. The summed E-state index contributed by atoms with van der Waals surface area (Å²) in [5.41, 5.74) is 3.00. The number of hydrogen-bond donors (Lipinski definition) is 0. The maximum absolute atomic E-state index is 13.6. The van der Waals surface area contributed by atoms with Crippen LogP contribution in [0.15, 0.2) is 48.7 Å². The third kappa shape index (κ3) is 12.4. The van der Waals surface area contributed by atoms with E-state index in [2.05, 4.69) is 50.2 Å². The van der Waals surface area contributed by atoms with Crippen LogP contribution < -0.4 is 9.47 Å². The topological polar surface area (TPSA) is 105 Å². The molecule has 2 heterocycles. The smallest absolute Gasteiger partial charge is 0.325 e. The number of rotatable bonds is 15. The summed E-state index contributed by atoms with van der Waals surface area (Å²) in [7, 11) is -2.28. The van der Waals surface area contributed by atoms with Crippen LogP contribution in [-0.4, -0.2) is 79.5 Å². The highest BCUT2D eigenvalue weighted by atomic mass is 28.4. The fourth-order valence-electron chi connectivity index (χ4n) is 6.07. The van der Waals surface area contributed by atoms with E-state index in [-0.39, 0.29) is 30.1 Å². The Bertz CT molecular complexity index is 1660. The zero-order valence-electron chi connectivity index (χ0n) is 35.0. The van der Waals surface area contributed by atoms with E-state index in [0.29, 0.717) is 45.2 Å². The third-order valence-electron chi connectivity index (χ3n) is 9.79. The van der Waals surface area contributed by atoms with Crippen LogP contribution >= 0.6 is 0 Å². The monoisotopic (exact) mass is 768 g/mol. The first kappa shape index (κ1) is 43.5. The average Bonchev–Trinajstić information content (AvgIpc) is 3.00. The van der Waals surface area contributed by atoms with Gasteiger partial charge in [0.15, 0.2) is 8.32 Å². The number of nitrogens with zero attached hydrogens (tertiary/aromatic N) is 2. The van der Waals surface area contributed by atoms with Crippen LogP contribution in [0.1, 0.15) is 98.4 Å². The fraction of sp³-hybridized carbons (Fsp3) is 0.619. The van der Waals surface area contributed by atoms with E-state index in [1.165, 1.54) is 0 Å². The minimum atomic E-state index is -2.28. The normalized spacial score (nSPS) is 17.2. The van der Waals surface area contributed by atoms with Crippen LogP contribution in [0.2, 0.25) is 18.1 Å². The van der Waals surface area contributed by atoms with Crippen molar-refractivity contribution in [1.82, 2.24) is 9.80 Å². The lowest BCUT2D eigenvalue weighted by Gasteiger charge is -2.41. The second-order valence-electron chi connectivity index (χ2n) is 18.0. The Morgan fingerprint density at radius 3 is 1.83 bits per heavy atom. The van der Waals surface area contributed by atoms with Crippen molar-refractivity contribution in [3.63, 3.8) is 0 Å². The zero-order valence-corrected chi connectivity index (χ0v) is 36.0. The van der Waals surface area contributed by atoms with Gasteiger partial charge in [-0.1, -0.05) is 63.7 Å². The first-order chi connectivity index (χ1) is 24.8. The molecular weight excluding hydrogens is 705 g/mol. The van der Waals surface area contributed by atoms with E-state index in [4.69, 9.17) is 32.8 Å². The Morgan fingerprint density at radius 1 is 0.833 bits per heavy atom. The molecule has 54 heavy (non-hydrogen) atoms. The van der Waals surface area contributed by atoms with Crippen molar-refractivity contribution in [2.75, 3.05) is 26.2 Å². The second-order valence-corrected chi connectivity index (χ2v) is 22.8. The predicted molar refractivity (Wildman–Crippen MR) is 211 cm³/mol. The minimum Gasteiger partial charge on any atom is -0.462 e. The summed E-state index contributed by atoms with van der Waals surface area (Å²) in [5.74, 6) is -0.645. The number of allylic oxidation sites excluding steroid dienone is 1. The molecule has 2 aromatic rings. The van der Waals surface area contributed by atoms with E-state index in [9.17, 15) is 9.59 Å². The van der Waals surface area contributed by atoms with Gasteiger partial charge < -0.3 is 32.8 Å². The molecule has 0 N–H and O–H groups in total. The number of hydrogen-bond acceptors (Lipinski definition) is 11. The molecule has 0 spiro atoms. The SMILES string of the molecule is C=C(C)OC(=O)CN(Cc1cccc2c1OC(C)(C)OC2)C(CO[Si](C)(C)C(C)(C)C)CN(CC(=O)OC(C)(C)C)Cc1cccc2c1OC(C)(C)OC2. The van der Waals surface area contributed by atoms with Gasteiger partial charge in [-0.15, -0.1) is 0 Å². The van der Waals surface area contributed by atoms with Crippen molar-refractivity contribution >= 4 is 20.3 Å². The minimum absolute atomic E-state index is 0.00313. The second kappa shape index (κ2) is 16.8. The summed E-state index contributed by atoms with van der Waals surface area (Å²) < 4.78 is 43.0. The van der Waals surface area contributed by atoms with Gasteiger partial charge in [-0.25, -0.2) is 0 Å². The summed E-state index contributed by atoms with van der Waals surface area (Å²) in [6, 6.07) is 11.6. The van der Waals surface area contributed by atoms with Crippen molar-refractivity contribution in [3.05, 3.63) is 71.0 Å². The lowest BCUT2D eigenvalue weighted by Crippen LogP contribution is -2.52. The molecule has 4 rings (SSSR count). The molecule has 0 bridgehead atoms. The molecule has 2 aliphatic rings. The summed E-state index contributed by atoms with van der Waals surface area (Å²) in [6.07, 6.45) is 0. The van der Waals surface area contributed by atoms with Crippen LogP contribution in [0.3, 0.4) is 0 Å². The zero-order chi connectivity index (χ0) is 40.3. The summed E-state index contributed by atoms with van der Waals surface area (Å²) in [5, 5.41) is -0.0648. The van der Waals surface area contributed by atoms with Gasteiger partial charge in [0.1, 0.15) is 17.1 Å². The standard InChI is InChI=1S/C42H64N2O9Si/c1-29(2)50-35(45)25-44(22-31-18-16-20-33-27-48-42(11,12)53-38(31)33)34(28-49-54(13,14)40(6,7)8)23-43(24-36(46)51-39(3,4)5)21-30-17-15-19-32-26-47-41(9,10)52-37(30)32/h15-20,34H,1,21-28H2,2-14H3. The highest BCUT2D eigenvalue weighted by Crippen LogP contribution is 2.39. The molecule has 0 radical (unpaired) electrons. The number of para-hydroxylation sites is 2. The number of carbonyl (C=O) groups is 2. The molecule has 0 aliphatic carbocycles.